The van der Waals surface area contributed by atoms with E-state index < -0.39 is 0 Å². The van der Waals surface area contributed by atoms with Gasteiger partial charge in [-0.3, -0.25) is 4.90 Å². The van der Waals surface area contributed by atoms with Crippen molar-refractivity contribution in [2.45, 2.75) is 51.4 Å². The van der Waals surface area contributed by atoms with Gasteiger partial charge < -0.3 is 10.5 Å². The van der Waals surface area contributed by atoms with Crippen molar-refractivity contribution in [3.63, 3.8) is 0 Å². The highest BCUT2D eigenvalue weighted by molar-refractivity contribution is 5.22. The highest BCUT2D eigenvalue weighted by Gasteiger charge is 2.25. The van der Waals surface area contributed by atoms with E-state index in [-0.39, 0.29) is 6.04 Å². The summed E-state index contributed by atoms with van der Waals surface area (Å²) in [7, 11) is 1.73. The number of hydrogen-bond donors (Lipinski definition) is 1. The van der Waals surface area contributed by atoms with Crippen LogP contribution in [-0.2, 0) is 17.9 Å². The predicted octanol–water partition coefficient (Wildman–Crippen LogP) is 2.53. The maximum atomic E-state index is 6.12. The topological polar surface area (TPSA) is 38.5 Å². The highest BCUT2D eigenvalue weighted by atomic mass is 16.5. The number of nitrogens with zero attached hydrogens (tertiary/aromatic N) is 1. The molecule has 3 nitrogen and oxygen atoms in total. The molecule has 106 valence electrons. The first kappa shape index (κ1) is 14.5. The third kappa shape index (κ3) is 4.03. The number of ether oxygens (including phenoxy) is 1. The number of rotatable bonds is 5. The van der Waals surface area contributed by atoms with Gasteiger partial charge in [-0.05, 0) is 37.4 Å². The number of piperidine rings is 1. The van der Waals surface area contributed by atoms with E-state index in [1.165, 1.54) is 36.9 Å². The predicted molar refractivity (Wildman–Crippen MR) is 78.9 cm³/mol. The van der Waals surface area contributed by atoms with Gasteiger partial charge in [0.1, 0.15) is 0 Å². The van der Waals surface area contributed by atoms with Crippen molar-refractivity contribution in [3.8, 4) is 0 Å². The summed E-state index contributed by atoms with van der Waals surface area (Å²) in [6.45, 7) is 5.00. The summed E-state index contributed by atoms with van der Waals surface area (Å²) < 4.78 is 5.14. The molecular weight excluding hydrogens is 236 g/mol. The van der Waals surface area contributed by atoms with Crippen LogP contribution in [0.5, 0.6) is 0 Å². The molecule has 0 spiro atoms. The first-order valence-corrected chi connectivity index (χ1v) is 7.27. The van der Waals surface area contributed by atoms with Crippen molar-refractivity contribution >= 4 is 0 Å². The van der Waals surface area contributed by atoms with E-state index in [0.717, 1.165) is 6.54 Å². The molecule has 2 atom stereocenters. The van der Waals surface area contributed by atoms with Crippen LogP contribution in [0.4, 0.5) is 0 Å². The number of hydrogen-bond acceptors (Lipinski definition) is 3. The summed E-state index contributed by atoms with van der Waals surface area (Å²) in [5.41, 5.74) is 8.71. The summed E-state index contributed by atoms with van der Waals surface area (Å²) in [4.78, 5) is 2.54. The van der Waals surface area contributed by atoms with Gasteiger partial charge in [-0.1, -0.05) is 30.7 Å². The van der Waals surface area contributed by atoms with Crippen molar-refractivity contribution < 1.29 is 4.74 Å². The Hall–Kier alpha value is -0.900. The van der Waals surface area contributed by atoms with Crippen LogP contribution >= 0.6 is 0 Å². The minimum atomic E-state index is 0.257. The van der Waals surface area contributed by atoms with Gasteiger partial charge >= 0.3 is 0 Å². The van der Waals surface area contributed by atoms with Crippen LogP contribution in [0.15, 0.2) is 24.3 Å². The monoisotopic (exact) mass is 262 g/mol. The number of methoxy groups -OCH3 is 1. The van der Waals surface area contributed by atoms with E-state index in [0.29, 0.717) is 12.6 Å². The molecule has 1 fully saturated rings. The molecule has 1 saturated heterocycles. The van der Waals surface area contributed by atoms with E-state index in [9.17, 15) is 0 Å². The quantitative estimate of drug-likeness (QED) is 0.886. The molecule has 3 heteroatoms. The van der Waals surface area contributed by atoms with Gasteiger partial charge in [-0.25, -0.2) is 0 Å². The third-order valence-corrected chi connectivity index (χ3v) is 3.99. The van der Waals surface area contributed by atoms with Crippen LogP contribution in [0.1, 0.15) is 37.3 Å². The SMILES string of the molecule is COCc1ccc(CN2CCCCC2C(C)N)cc1. The van der Waals surface area contributed by atoms with Gasteiger partial charge in [0.2, 0.25) is 0 Å². The van der Waals surface area contributed by atoms with Crippen LogP contribution in [0.2, 0.25) is 0 Å². The van der Waals surface area contributed by atoms with Crippen molar-refractivity contribution in [2.75, 3.05) is 13.7 Å². The van der Waals surface area contributed by atoms with Gasteiger partial charge in [0.15, 0.2) is 0 Å². The molecule has 1 aromatic rings. The maximum absolute atomic E-state index is 6.12. The molecule has 1 aliphatic rings. The molecule has 2 rings (SSSR count). The molecule has 0 saturated carbocycles. The fourth-order valence-electron chi connectivity index (χ4n) is 2.95. The fraction of sp³-hybridized carbons (Fsp3) is 0.625. The zero-order valence-electron chi connectivity index (χ0n) is 12.1. The van der Waals surface area contributed by atoms with Crippen molar-refractivity contribution in [3.05, 3.63) is 35.4 Å². The summed E-state index contributed by atoms with van der Waals surface area (Å²) in [6, 6.07) is 9.52. The van der Waals surface area contributed by atoms with E-state index in [2.05, 4.69) is 36.1 Å². The Labute approximate surface area is 116 Å². The van der Waals surface area contributed by atoms with E-state index >= 15 is 0 Å². The third-order valence-electron chi connectivity index (χ3n) is 3.99. The van der Waals surface area contributed by atoms with E-state index in [1.807, 2.05) is 0 Å². The minimum absolute atomic E-state index is 0.257. The summed E-state index contributed by atoms with van der Waals surface area (Å²) in [5.74, 6) is 0. The van der Waals surface area contributed by atoms with Gasteiger partial charge in [-0.15, -0.1) is 0 Å². The molecule has 1 aliphatic heterocycles. The van der Waals surface area contributed by atoms with Crippen LogP contribution in [0.3, 0.4) is 0 Å². The zero-order chi connectivity index (χ0) is 13.7. The molecule has 1 heterocycles. The van der Waals surface area contributed by atoms with E-state index in [1.54, 1.807) is 7.11 Å². The molecule has 0 radical (unpaired) electrons. The van der Waals surface area contributed by atoms with Crippen molar-refractivity contribution in [1.82, 2.24) is 4.90 Å². The van der Waals surface area contributed by atoms with Crippen LogP contribution in [-0.4, -0.2) is 30.6 Å². The largest absolute Gasteiger partial charge is 0.380 e. The van der Waals surface area contributed by atoms with Gasteiger partial charge in [-0.2, -0.15) is 0 Å². The molecule has 0 bridgehead atoms. The maximum Gasteiger partial charge on any atom is 0.0713 e. The molecule has 19 heavy (non-hydrogen) atoms. The average molecular weight is 262 g/mol. The van der Waals surface area contributed by atoms with E-state index in [4.69, 9.17) is 10.5 Å². The van der Waals surface area contributed by atoms with Gasteiger partial charge in [0.05, 0.1) is 6.61 Å². The Morgan fingerprint density at radius 2 is 1.95 bits per heavy atom. The lowest BCUT2D eigenvalue weighted by Crippen LogP contribution is -2.48. The summed E-state index contributed by atoms with van der Waals surface area (Å²) in [5, 5.41) is 0. The van der Waals surface area contributed by atoms with Crippen LogP contribution < -0.4 is 5.73 Å². The zero-order valence-corrected chi connectivity index (χ0v) is 12.1. The normalized spacial score (nSPS) is 22.4. The Kier molecular flexibility index (Phi) is 5.37. The molecule has 2 N–H and O–H groups in total. The highest BCUT2D eigenvalue weighted by Crippen LogP contribution is 2.21. The van der Waals surface area contributed by atoms with Gasteiger partial charge in [0, 0.05) is 25.7 Å². The Morgan fingerprint density at radius 1 is 1.26 bits per heavy atom. The first-order chi connectivity index (χ1) is 9.20. The molecular formula is C16H26N2O. The second kappa shape index (κ2) is 7.04. The molecule has 1 aromatic carbocycles. The fourth-order valence-corrected chi connectivity index (χ4v) is 2.95. The average Bonchev–Trinajstić information content (AvgIpc) is 2.42. The van der Waals surface area contributed by atoms with Gasteiger partial charge in [0.25, 0.3) is 0 Å². The van der Waals surface area contributed by atoms with Crippen molar-refractivity contribution in [2.24, 2.45) is 5.73 Å². The standard InChI is InChI=1S/C16H26N2O/c1-13(17)16-5-3-4-10-18(16)11-14-6-8-15(9-7-14)12-19-2/h6-9,13,16H,3-5,10-12,17H2,1-2H3. The van der Waals surface area contributed by atoms with Crippen LogP contribution in [0.25, 0.3) is 0 Å². The summed E-state index contributed by atoms with van der Waals surface area (Å²) >= 11 is 0. The number of likely N-dealkylation sites (tertiary alicyclic amines) is 1. The Morgan fingerprint density at radius 3 is 2.58 bits per heavy atom. The second-order valence-corrected chi connectivity index (χ2v) is 5.64. The lowest BCUT2D eigenvalue weighted by atomic mass is 9.96. The number of benzene rings is 1. The smallest absolute Gasteiger partial charge is 0.0713 e. The molecule has 0 amide bonds. The lowest BCUT2D eigenvalue weighted by Gasteiger charge is -2.38. The minimum Gasteiger partial charge on any atom is -0.380 e. The number of nitrogens with two attached hydrogens (primary N) is 1. The van der Waals surface area contributed by atoms with Crippen molar-refractivity contribution in [1.29, 1.82) is 0 Å². The Bertz CT molecular complexity index is 375. The molecule has 0 aliphatic carbocycles. The summed E-state index contributed by atoms with van der Waals surface area (Å²) in [6.07, 6.45) is 3.85. The molecule has 2 unspecified atom stereocenters. The van der Waals surface area contributed by atoms with Crippen LogP contribution in [0, 0.1) is 0 Å². The molecule has 0 aromatic heterocycles. The first-order valence-electron chi connectivity index (χ1n) is 7.27. The second-order valence-electron chi connectivity index (χ2n) is 5.64. The lowest BCUT2D eigenvalue weighted by molar-refractivity contribution is 0.123. The Balaban J connectivity index is 1.98.